The Morgan fingerprint density at radius 3 is 2.59 bits per heavy atom. The van der Waals surface area contributed by atoms with Crippen molar-refractivity contribution in [1.29, 1.82) is 0 Å². The number of nitrogens with two attached hydrogens (primary N) is 1. The Bertz CT molecular complexity index is 335. The van der Waals surface area contributed by atoms with E-state index in [0.717, 1.165) is 18.7 Å². The molecule has 0 aliphatic rings. The van der Waals surface area contributed by atoms with Crippen LogP contribution in [-0.2, 0) is 12.7 Å². The molecule has 17 heavy (non-hydrogen) atoms. The second-order valence-electron chi connectivity index (χ2n) is 3.90. The van der Waals surface area contributed by atoms with Gasteiger partial charge in [0.15, 0.2) is 0 Å². The molecule has 0 aliphatic heterocycles. The molecule has 0 bridgehead atoms. The summed E-state index contributed by atoms with van der Waals surface area (Å²) in [7, 11) is 0. The molecule has 1 atom stereocenters. The van der Waals surface area contributed by atoms with Crippen LogP contribution in [0.5, 0.6) is 0 Å². The highest BCUT2D eigenvalue weighted by Crippen LogP contribution is 2.28. The van der Waals surface area contributed by atoms with Gasteiger partial charge in [-0.15, -0.1) is 0 Å². The average molecular weight is 247 g/mol. The third-order valence-electron chi connectivity index (χ3n) is 2.38. The van der Waals surface area contributed by atoms with Crippen LogP contribution in [0.2, 0.25) is 0 Å². The zero-order valence-electron chi connectivity index (χ0n) is 9.59. The van der Waals surface area contributed by atoms with Crippen LogP contribution in [0.4, 0.5) is 13.2 Å². The maximum atomic E-state index is 12.3. The van der Waals surface area contributed by atoms with Crippen LogP contribution in [0.3, 0.4) is 0 Å². The fourth-order valence-corrected chi connectivity index (χ4v) is 1.33. The van der Waals surface area contributed by atoms with Gasteiger partial charge in [0, 0.05) is 18.8 Å². The van der Waals surface area contributed by atoms with Crippen LogP contribution >= 0.6 is 0 Å². The van der Waals surface area contributed by atoms with Crippen molar-refractivity contribution >= 4 is 0 Å². The summed E-state index contributed by atoms with van der Waals surface area (Å²) in [6.45, 7) is 2.99. The van der Waals surface area contributed by atoms with E-state index in [-0.39, 0.29) is 6.04 Å². The summed E-state index contributed by atoms with van der Waals surface area (Å²) in [6.07, 6.45) is -2.66. The van der Waals surface area contributed by atoms with Gasteiger partial charge in [-0.1, -0.05) is 0 Å². The molecule has 1 aromatic rings. The van der Waals surface area contributed by atoms with Gasteiger partial charge in [0.2, 0.25) is 0 Å². The van der Waals surface area contributed by atoms with E-state index >= 15 is 0 Å². The van der Waals surface area contributed by atoms with Crippen LogP contribution in [0, 0.1) is 0 Å². The van der Waals surface area contributed by atoms with Crippen molar-refractivity contribution in [2.45, 2.75) is 32.1 Å². The largest absolute Gasteiger partial charge is 0.417 e. The Balaban J connectivity index is 2.51. The molecule has 0 saturated heterocycles. The minimum absolute atomic E-state index is 0.226. The number of nitrogens with one attached hydrogen (secondary N) is 1. The zero-order chi connectivity index (χ0) is 12.9. The summed E-state index contributed by atoms with van der Waals surface area (Å²) in [5.41, 5.74) is 5.24. The summed E-state index contributed by atoms with van der Waals surface area (Å²) in [6, 6.07) is 2.65. The third-order valence-corrected chi connectivity index (χ3v) is 2.38. The number of nitrogens with zero attached hydrogens (tertiary/aromatic N) is 1. The molecule has 0 radical (unpaired) electrons. The molecule has 0 saturated carbocycles. The van der Waals surface area contributed by atoms with Gasteiger partial charge in [-0.2, -0.15) is 13.2 Å². The molecule has 0 amide bonds. The second-order valence-corrected chi connectivity index (χ2v) is 3.90. The molecule has 96 valence electrons. The fourth-order valence-electron chi connectivity index (χ4n) is 1.33. The SMILES string of the molecule is CC(CCN)NCc1ccc(C(F)(F)F)cn1. The van der Waals surface area contributed by atoms with Gasteiger partial charge in [0.05, 0.1) is 11.3 Å². The van der Waals surface area contributed by atoms with Crippen LogP contribution in [0.15, 0.2) is 18.3 Å². The van der Waals surface area contributed by atoms with Gasteiger partial charge in [-0.25, -0.2) is 0 Å². The van der Waals surface area contributed by atoms with Gasteiger partial charge in [-0.3, -0.25) is 4.98 Å². The van der Waals surface area contributed by atoms with Crippen molar-refractivity contribution in [2.24, 2.45) is 5.73 Å². The van der Waals surface area contributed by atoms with Gasteiger partial charge in [-0.05, 0) is 32.0 Å². The first kappa shape index (κ1) is 13.9. The maximum Gasteiger partial charge on any atom is 0.417 e. The first-order valence-electron chi connectivity index (χ1n) is 5.39. The van der Waals surface area contributed by atoms with Crippen LogP contribution < -0.4 is 11.1 Å². The zero-order valence-corrected chi connectivity index (χ0v) is 9.59. The maximum absolute atomic E-state index is 12.3. The van der Waals surface area contributed by atoms with E-state index in [4.69, 9.17) is 5.73 Å². The lowest BCUT2D eigenvalue weighted by Gasteiger charge is -2.12. The molecule has 1 rings (SSSR count). The molecular weight excluding hydrogens is 231 g/mol. The number of hydrogen-bond acceptors (Lipinski definition) is 3. The first-order valence-corrected chi connectivity index (χ1v) is 5.39. The molecule has 1 unspecified atom stereocenters. The smallest absolute Gasteiger partial charge is 0.330 e. The van der Waals surface area contributed by atoms with Gasteiger partial charge >= 0.3 is 6.18 Å². The van der Waals surface area contributed by atoms with Gasteiger partial charge < -0.3 is 11.1 Å². The van der Waals surface area contributed by atoms with E-state index in [0.29, 0.717) is 18.8 Å². The quantitative estimate of drug-likeness (QED) is 0.835. The van der Waals surface area contributed by atoms with E-state index in [2.05, 4.69) is 10.3 Å². The van der Waals surface area contributed by atoms with Crippen molar-refractivity contribution in [2.75, 3.05) is 6.54 Å². The monoisotopic (exact) mass is 247 g/mol. The summed E-state index contributed by atoms with van der Waals surface area (Å²) >= 11 is 0. The Labute approximate surface area is 98.2 Å². The Morgan fingerprint density at radius 1 is 1.41 bits per heavy atom. The first-order chi connectivity index (χ1) is 7.93. The Morgan fingerprint density at radius 2 is 2.12 bits per heavy atom. The Kier molecular flexibility index (Phi) is 4.89. The van der Waals surface area contributed by atoms with E-state index in [9.17, 15) is 13.2 Å². The molecule has 0 aliphatic carbocycles. The minimum atomic E-state index is -4.33. The molecule has 0 spiro atoms. The molecule has 3 N–H and O–H groups in total. The number of aromatic nitrogens is 1. The normalized spacial score (nSPS) is 13.7. The number of rotatable bonds is 5. The van der Waals surface area contributed by atoms with Crippen molar-refractivity contribution in [3.63, 3.8) is 0 Å². The molecular formula is C11H16F3N3. The summed E-state index contributed by atoms with van der Waals surface area (Å²) in [5, 5.41) is 3.13. The number of hydrogen-bond donors (Lipinski definition) is 2. The molecule has 1 aromatic heterocycles. The molecule has 0 aromatic carbocycles. The second kappa shape index (κ2) is 5.97. The highest BCUT2D eigenvalue weighted by molar-refractivity contribution is 5.16. The van der Waals surface area contributed by atoms with E-state index in [1.807, 2.05) is 6.92 Å². The topological polar surface area (TPSA) is 50.9 Å². The van der Waals surface area contributed by atoms with Gasteiger partial charge in [0.1, 0.15) is 0 Å². The van der Waals surface area contributed by atoms with Gasteiger partial charge in [0.25, 0.3) is 0 Å². The van der Waals surface area contributed by atoms with E-state index in [1.165, 1.54) is 6.07 Å². The number of pyridine rings is 1. The van der Waals surface area contributed by atoms with Crippen LogP contribution in [-0.4, -0.2) is 17.6 Å². The average Bonchev–Trinajstić information content (AvgIpc) is 2.26. The molecule has 3 nitrogen and oxygen atoms in total. The minimum Gasteiger partial charge on any atom is -0.330 e. The lowest BCUT2D eigenvalue weighted by Crippen LogP contribution is -2.28. The molecule has 1 heterocycles. The number of halogens is 3. The molecule has 6 heteroatoms. The highest BCUT2D eigenvalue weighted by atomic mass is 19.4. The fraction of sp³-hybridized carbons (Fsp3) is 0.545. The third kappa shape index (κ3) is 4.70. The predicted molar refractivity (Wildman–Crippen MR) is 59.2 cm³/mol. The lowest BCUT2D eigenvalue weighted by atomic mass is 10.2. The molecule has 0 fully saturated rings. The van der Waals surface area contributed by atoms with Crippen LogP contribution in [0.1, 0.15) is 24.6 Å². The van der Waals surface area contributed by atoms with Crippen molar-refractivity contribution in [3.8, 4) is 0 Å². The summed E-state index contributed by atoms with van der Waals surface area (Å²) in [5.74, 6) is 0. The summed E-state index contributed by atoms with van der Waals surface area (Å²) < 4.78 is 36.8. The van der Waals surface area contributed by atoms with Crippen molar-refractivity contribution < 1.29 is 13.2 Å². The lowest BCUT2D eigenvalue weighted by molar-refractivity contribution is -0.137. The van der Waals surface area contributed by atoms with Crippen molar-refractivity contribution in [1.82, 2.24) is 10.3 Å². The van der Waals surface area contributed by atoms with E-state index < -0.39 is 11.7 Å². The standard InChI is InChI=1S/C11H16F3N3/c1-8(4-5-15)16-7-10-3-2-9(6-17-10)11(12,13)14/h2-3,6,8,16H,4-5,7,15H2,1H3. The summed E-state index contributed by atoms with van der Waals surface area (Å²) in [4.78, 5) is 3.76. The predicted octanol–water partition coefficient (Wildman–Crippen LogP) is 1.93. The van der Waals surface area contributed by atoms with Crippen molar-refractivity contribution in [3.05, 3.63) is 29.6 Å². The Hall–Kier alpha value is -1.14. The van der Waals surface area contributed by atoms with E-state index in [1.54, 1.807) is 0 Å². The number of alkyl halides is 3. The van der Waals surface area contributed by atoms with Crippen LogP contribution in [0.25, 0.3) is 0 Å². The highest BCUT2D eigenvalue weighted by Gasteiger charge is 2.30.